The fourth-order valence-electron chi connectivity index (χ4n) is 1.35. The van der Waals surface area contributed by atoms with E-state index in [0.717, 1.165) is 0 Å². The van der Waals surface area contributed by atoms with Crippen molar-refractivity contribution in [2.45, 2.75) is 6.18 Å². The predicted molar refractivity (Wildman–Crippen MR) is 63.2 cm³/mol. The van der Waals surface area contributed by atoms with Gasteiger partial charge in [-0.3, -0.25) is 0 Å². The number of ether oxygens (including phenoxy) is 1. The van der Waals surface area contributed by atoms with Gasteiger partial charge in [0.25, 0.3) is 0 Å². The van der Waals surface area contributed by atoms with E-state index in [0.29, 0.717) is 5.69 Å². The number of hydrogen-bond donors (Lipinski definition) is 3. The van der Waals surface area contributed by atoms with Gasteiger partial charge in [0, 0.05) is 6.54 Å². The minimum Gasteiger partial charge on any atom is -0.478 e. The quantitative estimate of drug-likeness (QED) is 0.547. The van der Waals surface area contributed by atoms with Crippen LogP contribution >= 0.6 is 0 Å². The molecule has 1 aromatic carbocycles. The fourth-order valence-corrected chi connectivity index (χ4v) is 1.35. The maximum absolute atomic E-state index is 11.8. The Hall–Kier alpha value is -1.96. The Morgan fingerprint density at radius 1 is 1.42 bits per heavy atom. The maximum atomic E-state index is 11.8. The van der Waals surface area contributed by atoms with Crippen LogP contribution in [0.5, 0.6) is 0 Å². The highest BCUT2D eigenvalue weighted by Crippen LogP contribution is 2.22. The number of nitrogens with one attached hydrogen (secondary N) is 1. The summed E-state index contributed by atoms with van der Waals surface area (Å²) in [6.07, 6.45) is -4.36. The molecule has 0 aliphatic carbocycles. The van der Waals surface area contributed by atoms with Crippen LogP contribution in [0.4, 0.5) is 24.5 Å². The van der Waals surface area contributed by atoms with Crippen molar-refractivity contribution in [3.8, 4) is 0 Å². The van der Waals surface area contributed by atoms with Crippen molar-refractivity contribution in [2.75, 3.05) is 30.8 Å². The minimum atomic E-state index is -4.36. The first kappa shape index (κ1) is 15.1. The molecule has 0 unspecified atom stereocenters. The molecule has 0 saturated heterocycles. The molecule has 19 heavy (non-hydrogen) atoms. The molecular formula is C11H13F3N2O3. The van der Waals surface area contributed by atoms with Gasteiger partial charge in [0.05, 0.1) is 23.5 Å². The van der Waals surface area contributed by atoms with Crippen molar-refractivity contribution in [3.63, 3.8) is 0 Å². The molecule has 1 aromatic rings. The normalized spacial score (nSPS) is 11.3. The third-order valence-electron chi connectivity index (χ3n) is 2.16. The summed E-state index contributed by atoms with van der Waals surface area (Å²) in [7, 11) is 0. The molecule has 0 aromatic heterocycles. The second-order valence-corrected chi connectivity index (χ2v) is 3.67. The second kappa shape index (κ2) is 6.28. The first-order chi connectivity index (χ1) is 8.81. The van der Waals surface area contributed by atoms with E-state index in [4.69, 9.17) is 10.8 Å². The van der Waals surface area contributed by atoms with E-state index in [2.05, 4.69) is 10.1 Å². The number of carboxylic acid groups (broad SMARTS) is 1. The summed E-state index contributed by atoms with van der Waals surface area (Å²) in [6.45, 7) is -1.40. The highest BCUT2D eigenvalue weighted by Gasteiger charge is 2.27. The molecule has 0 atom stereocenters. The van der Waals surface area contributed by atoms with Crippen molar-refractivity contribution in [2.24, 2.45) is 0 Å². The van der Waals surface area contributed by atoms with Crippen molar-refractivity contribution in [1.29, 1.82) is 0 Å². The Morgan fingerprint density at radius 3 is 2.68 bits per heavy atom. The second-order valence-electron chi connectivity index (χ2n) is 3.67. The zero-order valence-electron chi connectivity index (χ0n) is 9.83. The van der Waals surface area contributed by atoms with E-state index >= 15 is 0 Å². The Bertz CT molecular complexity index is 449. The van der Waals surface area contributed by atoms with Gasteiger partial charge in [-0.1, -0.05) is 6.07 Å². The van der Waals surface area contributed by atoms with Gasteiger partial charge < -0.3 is 20.9 Å². The predicted octanol–water partition coefficient (Wildman–Crippen LogP) is 1.96. The van der Waals surface area contributed by atoms with Crippen LogP contribution in [-0.2, 0) is 4.74 Å². The average Bonchev–Trinajstić information content (AvgIpc) is 2.28. The Labute approximate surface area is 107 Å². The molecule has 0 bridgehead atoms. The third-order valence-corrected chi connectivity index (χ3v) is 2.16. The Morgan fingerprint density at radius 2 is 2.11 bits per heavy atom. The average molecular weight is 278 g/mol. The van der Waals surface area contributed by atoms with Crippen LogP contribution in [-0.4, -0.2) is 37.0 Å². The van der Waals surface area contributed by atoms with Gasteiger partial charge >= 0.3 is 12.1 Å². The molecule has 106 valence electrons. The number of para-hydroxylation sites is 1. The minimum absolute atomic E-state index is 0.0332. The molecule has 0 spiro atoms. The Kier molecular flexibility index (Phi) is 4.99. The van der Waals surface area contributed by atoms with E-state index in [9.17, 15) is 18.0 Å². The molecule has 0 amide bonds. The lowest BCUT2D eigenvalue weighted by atomic mass is 10.1. The van der Waals surface area contributed by atoms with E-state index in [-0.39, 0.29) is 24.4 Å². The van der Waals surface area contributed by atoms with Crippen LogP contribution in [0.1, 0.15) is 10.4 Å². The third kappa shape index (κ3) is 5.04. The number of carboxylic acids is 1. The molecule has 0 radical (unpaired) electrons. The molecule has 0 aliphatic rings. The van der Waals surface area contributed by atoms with Gasteiger partial charge in [0.1, 0.15) is 6.61 Å². The summed E-state index contributed by atoms with van der Waals surface area (Å²) in [4.78, 5) is 10.8. The number of aromatic carboxylic acids is 1. The summed E-state index contributed by atoms with van der Waals surface area (Å²) in [6, 6.07) is 4.35. The van der Waals surface area contributed by atoms with Gasteiger partial charge in [-0.15, -0.1) is 0 Å². The number of anilines is 2. The standard InChI is InChI=1S/C11H13F3N2O3/c12-11(13,14)6-19-5-4-16-8-3-1-2-7(9(8)15)10(17)18/h1-3,16H,4-6,15H2,(H,17,18). The van der Waals surface area contributed by atoms with E-state index in [1.165, 1.54) is 18.2 Å². The van der Waals surface area contributed by atoms with Gasteiger partial charge in [-0.25, -0.2) is 4.79 Å². The van der Waals surface area contributed by atoms with Gasteiger partial charge in [0.2, 0.25) is 0 Å². The summed E-state index contributed by atoms with van der Waals surface area (Å²) in [5.74, 6) is -1.17. The number of rotatable bonds is 6. The number of nitrogen functional groups attached to an aromatic ring is 1. The van der Waals surface area contributed by atoms with Crippen LogP contribution in [0, 0.1) is 0 Å². The highest BCUT2D eigenvalue weighted by atomic mass is 19.4. The van der Waals surface area contributed by atoms with Crippen LogP contribution in [0.25, 0.3) is 0 Å². The van der Waals surface area contributed by atoms with Crippen LogP contribution in [0.2, 0.25) is 0 Å². The van der Waals surface area contributed by atoms with Crippen LogP contribution < -0.4 is 11.1 Å². The van der Waals surface area contributed by atoms with E-state index in [1.54, 1.807) is 0 Å². The number of hydrogen-bond acceptors (Lipinski definition) is 4. The van der Waals surface area contributed by atoms with Crippen molar-refractivity contribution in [3.05, 3.63) is 23.8 Å². The summed E-state index contributed by atoms with van der Waals surface area (Å²) >= 11 is 0. The summed E-state index contributed by atoms with van der Waals surface area (Å²) < 4.78 is 39.7. The largest absolute Gasteiger partial charge is 0.478 e. The summed E-state index contributed by atoms with van der Waals surface area (Å²) in [5, 5.41) is 11.5. The molecule has 0 heterocycles. The summed E-state index contributed by atoms with van der Waals surface area (Å²) in [5.41, 5.74) is 5.91. The number of alkyl halides is 3. The topological polar surface area (TPSA) is 84.6 Å². The smallest absolute Gasteiger partial charge is 0.411 e. The number of benzene rings is 1. The first-order valence-corrected chi connectivity index (χ1v) is 5.31. The number of carbonyl (C=O) groups is 1. The molecule has 1 rings (SSSR count). The van der Waals surface area contributed by atoms with Crippen molar-refractivity contribution in [1.82, 2.24) is 0 Å². The molecule has 4 N–H and O–H groups in total. The molecular weight excluding hydrogens is 265 g/mol. The molecule has 0 saturated carbocycles. The van der Waals surface area contributed by atoms with Crippen LogP contribution in [0.3, 0.4) is 0 Å². The van der Waals surface area contributed by atoms with Gasteiger partial charge in [0.15, 0.2) is 0 Å². The zero-order chi connectivity index (χ0) is 14.5. The Balaban J connectivity index is 2.46. The van der Waals surface area contributed by atoms with E-state index < -0.39 is 18.8 Å². The fraction of sp³-hybridized carbons (Fsp3) is 0.364. The molecule has 8 heteroatoms. The van der Waals surface area contributed by atoms with Gasteiger partial charge in [-0.05, 0) is 12.1 Å². The zero-order valence-corrected chi connectivity index (χ0v) is 9.83. The van der Waals surface area contributed by atoms with E-state index in [1.807, 2.05) is 0 Å². The van der Waals surface area contributed by atoms with Gasteiger partial charge in [-0.2, -0.15) is 13.2 Å². The highest BCUT2D eigenvalue weighted by molar-refractivity contribution is 5.97. The SMILES string of the molecule is Nc1c(NCCOCC(F)(F)F)cccc1C(=O)O. The molecule has 0 aliphatic heterocycles. The van der Waals surface area contributed by atoms with Crippen molar-refractivity contribution < 1.29 is 27.8 Å². The molecule has 0 fully saturated rings. The number of nitrogens with two attached hydrogens (primary N) is 1. The lowest BCUT2D eigenvalue weighted by Gasteiger charge is -2.12. The number of halogens is 3. The first-order valence-electron chi connectivity index (χ1n) is 5.31. The molecule has 5 nitrogen and oxygen atoms in total. The lowest BCUT2D eigenvalue weighted by molar-refractivity contribution is -0.172. The monoisotopic (exact) mass is 278 g/mol. The van der Waals surface area contributed by atoms with Crippen LogP contribution in [0.15, 0.2) is 18.2 Å². The lowest BCUT2D eigenvalue weighted by Crippen LogP contribution is -2.20. The van der Waals surface area contributed by atoms with Crippen molar-refractivity contribution >= 4 is 17.3 Å². The maximum Gasteiger partial charge on any atom is 0.411 e.